The van der Waals surface area contributed by atoms with Gasteiger partial charge in [-0.05, 0) is 38.0 Å². The van der Waals surface area contributed by atoms with Gasteiger partial charge in [-0.1, -0.05) is 13.3 Å². The molecule has 0 heterocycles. The molecule has 2 atom stereocenters. The number of urea groups is 1. The Balaban J connectivity index is 1.59. The maximum atomic E-state index is 11.4. The van der Waals surface area contributed by atoms with Gasteiger partial charge in [0, 0.05) is 12.1 Å². The zero-order valence-electron chi connectivity index (χ0n) is 8.88. The summed E-state index contributed by atoms with van der Waals surface area (Å²) in [6, 6.07) is 0.978. The van der Waals surface area contributed by atoms with Crippen LogP contribution in [0.2, 0.25) is 0 Å². The molecule has 0 radical (unpaired) electrons. The third-order valence-corrected chi connectivity index (χ3v) is 3.34. The number of amides is 2. The minimum Gasteiger partial charge on any atom is -0.335 e. The molecule has 80 valence electrons. The topological polar surface area (TPSA) is 41.1 Å². The van der Waals surface area contributed by atoms with Crippen molar-refractivity contribution in [1.82, 2.24) is 10.6 Å². The standard InChI is InChI=1S/C11H20N2O/c1-2-4-8-7-10(8)13-11(14)12-9-5-3-6-9/h8-10H,2-7H2,1H3,(H2,12,13,14). The lowest BCUT2D eigenvalue weighted by Crippen LogP contribution is -2.46. The second-order valence-corrected chi connectivity index (χ2v) is 4.64. The minimum absolute atomic E-state index is 0.0540. The number of hydrogen-bond donors (Lipinski definition) is 2. The maximum Gasteiger partial charge on any atom is 0.315 e. The highest BCUT2D eigenvalue weighted by atomic mass is 16.2. The Hall–Kier alpha value is -0.730. The van der Waals surface area contributed by atoms with Crippen LogP contribution in [0.5, 0.6) is 0 Å². The van der Waals surface area contributed by atoms with Crippen molar-refractivity contribution in [3.8, 4) is 0 Å². The smallest absolute Gasteiger partial charge is 0.315 e. The van der Waals surface area contributed by atoms with Crippen LogP contribution in [0.1, 0.15) is 45.4 Å². The van der Waals surface area contributed by atoms with Crippen LogP contribution in [0.3, 0.4) is 0 Å². The number of rotatable bonds is 4. The zero-order valence-corrected chi connectivity index (χ0v) is 8.88. The summed E-state index contributed by atoms with van der Waals surface area (Å²) in [6.07, 6.45) is 7.27. The van der Waals surface area contributed by atoms with Gasteiger partial charge in [-0.25, -0.2) is 4.79 Å². The lowest BCUT2D eigenvalue weighted by atomic mass is 9.93. The van der Waals surface area contributed by atoms with Crippen LogP contribution < -0.4 is 10.6 Å². The Morgan fingerprint density at radius 1 is 1.36 bits per heavy atom. The molecule has 2 amide bonds. The molecule has 3 nitrogen and oxygen atoms in total. The lowest BCUT2D eigenvalue weighted by Gasteiger charge is -2.26. The summed E-state index contributed by atoms with van der Waals surface area (Å²) < 4.78 is 0. The van der Waals surface area contributed by atoms with Crippen LogP contribution in [-0.2, 0) is 0 Å². The Morgan fingerprint density at radius 2 is 2.14 bits per heavy atom. The first kappa shape index (κ1) is 9.81. The first-order valence-corrected chi connectivity index (χ1v) is 5.86. The monoisotopic (exact) mass is 196 g/mol. The quantitative estimate of drug-likeness (QED) is 0.709. The summed E-state index contributed by atoms with van der Waals surface area (Å²) in [5, 5.41) is 6.04. The SMILES string of the molecule is CCCC1CC1NC(=O)NC1CCC1. The van der Waals surface area contributed by atoms with E-state index in [0.29, 0.717) is 12.1 Å². The highest BCUT2D eigenvalue weighted by Crippen LogP contribution is 2.34. The molecule has 0 saturated heterocycles. The molecule has 2 fully saturated rings. The minimum atomic E-state index is 0.0540. The summed E-state index contributed by atoms with van der Waals surface area (Å²) in [7, 11) is 0. The third-order valence-electron chi connectivity index (χ3n) is 3.34. The fraction of sp³-hybridized carbons (Fsp3) is 0.909. The number of carbonyl (C=O) groups excluding carboxylic acids is 1. The predicted molar refractivity (Wildman–Crippen MR) is 56.1 cm³/mol. The molecule has 2 unspecified atom stereocenters. The van der Waals surface area contributed by atoms with E-state index in [1.807, 2.05) is 0 Å². The van der Waals surface area contributed by atoms with E-state index in [4.69, 9.17) is 0 Å². The van der Waals surface area contributed by atoms with Crippen molar-refractivity contribution in [1.29, 1.82) is 0 Å². The van der Waals surface area contributed by atoms with Crippen LogP contribution >= 0.6 is 0 Å². The molecule has 2 saturated carbocycles. The van der Waals surface area contributed by atoms with Gasteiger partial charge >= 0.3 is 6.03 Å². The number of hydrogen-bond acceptors (Lipinski definition) is 1. The average molecular weight is 196 g/mol. The van der Waals surface area contributed by atoms with E-state index in [9.17, 15) is 4.79 Å². The fourth-order valence-electron chi connectivity index (χ4n) is 2.06. The largest absolute Gasteiger partial charge is 0.335 e. The summed E-state index contributed by atoms with van der Waals surface area (Å²) in [6.45, 7) is 2.20. The van der Waals surface area contributed by atoms with Crippen LogP contribution in [0.25, 0.3) is 0 Å². The van der Waals surface area contributed by atoms with E-state index in [2.05, 4.69) is 17.6 Å². The van der Waals surface area contributed by atoms with Crippen molar-refractivity contribution >= 4 is 6.03 Å². The molecular weight excluding hydrogens is 176 g/mol. The van der Waals surface area contributed by atoms with Gasteiger partial charge in [-0.15, -0.1) is 0 Å². The van der Waals surface area contributed by atoms with Gasteiger partial charge in [0.1, 0.15) is 0 Å². The third kappa shape index (κ3) is 2.40. The van der Waals surface area contributed by atoms with Crippen molar-refractivity contribution in [2.24, 2.45) is 5.92 Å². The second-order valence-electron chi connectivity index (χ2n) is 4.64. The van der Waals surface area contributed by atoms with Crippen molar-refractivity contribution in [2.75, 3.05) is 0 Å². The van der Waals surface area contributed by atoms with Crippen LogP contribution in [0.15, 0.2) is 0 Å². The Morgan fingerprint density at radius 3 is 2.71 bits per heavy atom. The van der Waals surface area contributed by atoms with Gasteiger partial charge < -0.3 is 10.6 Å². The molecule has 2 N–H and O–H groups in total. The number of carbonyl (C=O) groups is 1. The summed E-state index contributed by atoms with van der Waals surface area (Å²) in [5.41, 5.74) is 0. The van der Waals surface area contributed by atoms with E-state index in [-0.39, 0.29) is 6.03 Å². The fourth-order valence-corrected chi connectivity index (χ4v) is 2.06. The van der Waals surface area contributed by atoms with Crippen molar-refractivity contribution < 1.29 is 4.79 Å². The molecule has 0 bridgehead atoms. The average Bonchev–Trinajstić information content (AvgIpc) is 2.77. The molecule has 0 aromatic carbocycles. The molecule has 2 aliphatic carbocycles. The first-order chi connectivity index (χ1) is 6.79. The number of nitrogens with one attached hydrogen (secondary N) is 2. The lowest BCUT2D eigenvalue weighted by molar-refractivity contribution is 0.227. The highest BCUT2D eigenvalue weighted by Gasteiger charge is 2.37. The van der Waals surface area contributed by atoms with Crippen molar-refractivity contribution in [3.63, 3.8) is 0 Å². The van der Waals surface area contributed by atoms with Crippen molar-refractivity contribution in [2.45, 2.75) is 57.5 Å². The van der Waals surface area contributed by atoms with Crippen LogP contribution in [0, 0.1) is 5.92 Å². The predicted octanol–water partition coefficient (Wildman–Crippen LogP) is 2.03. The second kappa shape index (κ2) is 4.20. The summed E-state index contributed by atoms with van der Waals surface area (Å²) in [4.78, 5) is 11.4. The Kier molecular flexibility index (Phi) is 2.94. The van der Waals surface area contributed by atoms with E-state index < -0.39 is 0 Å². The summed E-state index contributed by atoms with van der Waals surface area (Å²) in [5.74, 6) is 0.757. The maximum absolute atomic E-state index is 11.4. The molecule has 0 aliphatic heterocycles. The normalized spacial score (nSPS) is 30.6. The molecular formula is C11H20N2O. The Bertz CT molecular complexity index is 213. The first-order valence-electron chi connectivity index (χ1n) is 5.86. The molecule has 2 aliphatic rings. The van der Waals surface area contributed by atoms with Gasteiger partial charge in [0.05, 0.1) is 0 Å². The van der Waals surface area contributed by atoms with Gasteiger partial charge in [0.15, 0.2) is 0 Å². The van der Waals surface area contributed by atoms with Gasteiger partial charge in [0.25, 0.3) is 0 Å². The van der Waals surface area contributed by atoms with E-state index in [1.165, 1.54) is 25.7 Å². The van der Waals surface area contributed by atoms with Crippen molar-refractivity contribution in [3.05, 3.63) is 0 Å². The molecule has 14 heavy (non-hydrogen) atoms. The van der Waals surface area contributed by atoms with Gasteiger partial charge in [-0.2, -0.15) is 0 Å². The zero-order chi connectivity index (χ0) is 9.97. The molecule has 3 heteroatoms. The molecule has 0 spiro atoms. The van der Waals surface area contributed by atoms with Crippen LogP contribution in [-0.4, -0.2) is 18.1 Å². The van der Waals surface area contributed by atoms with Gasteiger partial charge in [0.2, 0.25) is 0 Å². The molecule has 0 aromatic rings. The van der Waals surface area contributed by atoms with Crippen LogP contribution in [0.4, 0.5) is 4.79 Å². The molecule has 2 rings (SSSR count). The Labute approximate surface area is 85.6 Å². The van der Waals surface area contributed by atoms with E-state index >= 15 is 0 Å². The summed E-state index contributed by atoms with van der Waals surface area (Å²) >= 11 is 0. The van der Waals surface area contributed by atoms with Gasteiger partial charge in [-0.3, -0.25) is 0 Å². The molecule has 0 aromatic heterocycles. The highest BCUT2D eigenvalue weighted by molar-refractivity contribution is 5.75. The van der Waals surface area contributed by atoms with E-state index in [0.717, 1.165) is 18.8 Å². The van der Waals surface area contributed by atoms with E-state index in [1.54, 1.807) is 0 Å².